The minimum atomic E-state index is 0. The first-order valence-electron chi connectivity index (χ1n) is 8.13. The van der Waals surface area contributed by atoms with Crippen LogP contribution in [0.4, 0.5) is 0 Å². The summed E-state index contributed by atoms with van der Waals surface area (Å²) < 4.78 is 2.01. The molecule has 0 aliphatic rings. The SMILES string of the molecule is CCCCCCNC(N)=NCCCc1nnc2ccccn12.I. The van der Waals surface area contributed by atoms with E-state index < -0.39 is 0 Å². The van der Waals surface area contributed by atoms with Gasteiger partial charge in [-0.3, -0.25) is 9.39 Å². The van der Waals surface area contributed by atoms with Gasteiger partial charge in [-0.2, -0.15) is 0 Å². The van der Waals surface area contributed by atoms with Crippen molar-refractivity contribution in [1.29, 1.82) is 0 Å². The molecule has 0 radical (unpaired) electrons. The number of nitrogens with zero attached hydrogens (tertiary/aromatic N) is 4. The molecule has 2 heterocycles. The normalized spacial score (nSPS) is 11.4. The fraction of sp³-hybridized carbons (Fsp3) is 0.562. The van der Waals surface area contributed by atoms with E-state index in [0.29, 0.717) is 12.5 Å². The lowest BCUT2D eigenvalue weighted by molar-refractivity contribution is 0.651. The van der Waals surface area contributed by atoms with E-state index in [4.69, 9.17) is 5.73 Å². The van der Waals surface area contributed by atoms with Gasteiger partial charge in [-0.1, -0.05) is 32.3 Å². The van der Waals surface area contributed by atoms with Crippen molar-refractivity contribution in [2.45, 2.75) is 45.4 Å². The van der Waals surface area contributed by atoms with Crippen molar-refractivity contribution < 1.29 is 0 Å². The molecule has 0 atom stereocenters. The summed E-state index contributed by atoms with van der Waals surface area (Å²) in [5.41, 5.74) is 6.73. The van der Waals surface area contributed by atoms with Crippen molar-refractivity contribution in [3.63, 3.8) is 0 Å². The smallest absolute Gasteiger partial charge is 0.188 e. The number of pyridine rings is 1. The highest BCUT2D eigenvalue weighted by atomic mass is 127. The maximum absolute atomic E-state index is 5.84. The van der Waals surface area contributed by atoms with Crippen LogP contribution in [0.3, 0.4) is 0 Å². The predicted octanol–water partition coefficient (Wildman–Crippen LogP) is 2.76. The first-order valence-corrected chi connectivity index (χ1v) is 8.13. The molecule has 128 valence electrons. The minimum absolute atomic E-state index is 0. The largest absolute Gasteiger partial charge is 0.370 e. The average Bonchev–Trinajstić information content (AvgIpc) is 2.95. The van der Waals surface area contributed by atoms with Gasteiger partial charge in [0.05, 0.1) is 0 Å². The van der Waals surface area contributed by atoms with E-state index >= 15 is 0 Å². The fourth-order valence-electron chi connectivity index (χ4n) is 2.32. The number of unbranched alkanes of at least 4 members (excludes halogenated alkanes) is 3. The zero-order valence-electron chi connectivity index (χ0n) is 13.7. The van der Waals surface area contributed by atoms with E-state index in [-0.39, 0.29) is 24.0 Å². The molecule has 0 saturated carbocycles. The molecule has 0 aromatic carbocycles. The van der Waals surface area contributed by atoms with Crippen LogP contribution in [-0.4, -0.2) is 33.6 Å². The summed E-state index contributed by atoms with van der Waals surface area (Å²) in [5.74, 6) is 1.51. The molecule has 0 saturated heterocycles. The van der Waals surface area contributed by atoms with Gasteiger partial charge in [0.2, 0.25) is 0 Å². The minimum Gasteiger partial charge on any atom is -0.370 e. The monoisotopic (exact) mass is 430 g/mol. The number of hydrogen-bond acceptors (Lipinski definition) is 3. The highest BCUT2D eigenvalue weighted by Gasteiger charge is 2.03. The molecule has 0 aliphatic carbocycles. The van der Waals surface area contributed by atoms with Crippen molar-refractivity contribution in [3.8, 4) is 0 Å². The van der Waals surface area contributed by atoms with Crippen LogP contribution in [-0.2, 0) is 6.42 Å². The Morgan fingerprint density at radius 1 is 1.22 bits per heavy atom. The molecule has 6 nitrogen and oxygen atoms in total. The third kappa shape index (κ3) is 6.72. The molecule has 0 unspecified atom stereocenters. The highest BCUT2D eigenvalue weighted by molar-refractivity contribution is 14.0. The first kappa shape index (κ1) is 19.7. The van der Waals surface area contributed by atoms with Crippen LogP contribution in [0, 0.1) is 0 Å². The van der Waals surface area contributed by atoms with Crippen molar-refractivity contribution in [3.05, 3.63) is 30.2 Å². The topological polar surface area (TPSA) is 80.6 Å². The molecule has 0 amide bonds. The summed E-state index contributed by atoms with van der Waals surface area (Å²) in [5, 5.41) is 11.5. The van der Waals surface area contributed by atoms with Crippen molar-refractivity contribution >= 4 is 35.6 Å². The summed E-state index contributed by atoms with van der Waals surface area (Å²) in [6.07, 6.45) is 8.67. The van der Waals surface area contributed by atoms with E-state index in [1.807, 2.05) is 28.8 Å². The van der Waals surface area contributed by atoms with E-state index in [0.717, 1.165) is 37.3 Å². The summed E-state index contributed by atoms with van der Waals surface area (Å²) in [4.78, 5) is 4.35. The number of hydrogen-bond donors (Lipinski definition) is 2. The second kappa shape index (κ2) is 11.2. The van der Waals surface area contributed by atoms with Gasteiger partial charge < -0.3 is 11.1 Å². The zero-order chi connectivity index (χ0) is 15.6. The third-order valence-corrected chi connectivity index (χ3v) is 3.56. The molecule has 3 N–H and O–H groups in total. The zero-order valence-corrected chi connectivity index (χ0v) is 16.1. The lowest BCUT2D eigenvalue weighted by Gasteiger charge is -2.05. The number of fused-ring (bicyclic) bond motifs is 1. The molecule has 2 rings (SSSR count). The Morgan fingerprint density at radius 2 is 2.09 bits per heavy atom. The lowest BCUT2D eigenvalue weighted by atomic mass is 10.2. The Kier molecular flexibility index (Phi) is 9.58. The molecule has 23 heavy (non-hydrogen) atoms. The van der Waals surface area contributed by atoms with Crippen LogP contribution in [0.5, 0.6) is 0 Å². The van der Waals surface area contributed by atoms with Gasteiger partial charge in [0.1, 0.15) is 5.82 Å². The number of aryl methyl sites for hydroxylation is 1. The van der Waals surface area contributed by atoms with Gasteiger partial charge in [-0.15, -0.1) is 34.2 Å². The predicted molar refractivity (Wildman–Crippen MR) is 105 cm³/mol. The highest BCUT2D eigenvalue weighted by Crippen LogP contribution is 2.05. The van der Waals surface area contributed by atoms with E-state index in [1.54, 1.807) is 0 Å². The van der Waals surface area contributed by atoms with Gasteiger partial charge in [0.25, 0.3) is 0 Å². The molecular weight excluding hydrogens is 403 g/mol. The van der Waals surface area contributed by atoms with Crippen molar-refractivity contribution in [2.75, 3.05) is 13.1 Å². The Bertz CT molecular complexity index is 595. The summed E-state index contributed by atoms with van der Waals surface area (Å²) in [6.45, 7) is 3.82. The third-order valence-electron chi connectivity index (χ3n) is 3.56. The number of guanidine groups is 1. The Balaban J connectivity index is 0.00000264. The molecular formula is C16H27IN6. The number of nitrogens with one attached hydrogen (secondary N) is 1. The van der Waals surface area contributed by atoms with Gasteiger partial charge in [-0.05, 0) is 25.0 Å². The molecule has 0 bridgehead atoms. The number of nitrogens with two attached hydrogens (primary N) is 1. The maximum Gasteiger partial charge on any atom is 0.188 e. The molecule has 0 spiro atoms. The summed E-state index contributed by atoms with van der Waals surface area (Å²) in [6, 6.07) is 5.90. The molecule has 0 aliphatic heterocycles. The van der Waals surface area contributed by atoms with Crippen LogP contribution in [0.1, 0.15) is 44.9 Å². The van der Waals surface area contributed by atoms with Gasteiger partial charge >= 0.3 is 0 Å². The van der Waals surface area contributed by atoms with Crippen LogP contribution in [0.15, 0.2) is 29.4 Å². The lowest BCUT2D eigenvalue weighted by Crippen LogP contribution is -2.32. The first-order chi connectivity index (χ1) is 10.8. The van der Waals surface area contributed by atoms with Gasteiger partial charge in [0, 0.05) is 25.7 Å². The van der Waals surface area contributed by atoms with Crippen LogP contribution in [0.25, 0.3) is 5.65 Å². The Hall–Kier alpha value is -1.38. The second-order valence-electron chi connectivity index (χ2n) is 5.40. The number of aromatic nitrogens is 3. The molecule has 0 fully saturated rings. The Labute approximate surface area is 155 Å². The number of aliphatic imine (C=N–C) groups is 1. The van der Waals surface area contributed by atoms with Crippen LogP contribution >= 0.6 is 24.0 Å². The van der Waals surface area contributed by atoms with Gasteiger partial charge in [-0.25, -0.2) is 0 Å². The number of rotatable bonds is 9. The molecule has 2 aromatic heterocycles. The molecule has 2 aromatic rings. The average molecular weight is 430 g/mol. The summed E-state index contributed by atoms with van der Waals surface area (Å²) >= 11 is 0. The van der Waals surface area contributed by atoms with Crippen LogP contribution in [0.2, 0.25) is 0 Å². The maximum atomic E-state index is 5.84. The summed E-state index contributed by atoms with van der Waals surface area (Å²) in [7, 11) is 0. The second-order valence-corrected chi connectivity index (χ2v) is 5.40. The Morgan fingerprint density at radius 3 is 2.91 bits per heavy atom. The van der Waals surface area contributed by atoms with E-state index in [2.05, 4.69) is 27.4 Å². The van der Waals surface area contributed by atoms with Crippen molar-refractivity contribution in [1.82, 2.24) is 19.9 Å². The molecule has 7 heteroatoms. The standard InChI is InChI=1S/C16H26N6.HI/c1-2-3-4-6-11-18-16(17)19-12-8-10-15-21-20-14-9-5-7-13-22(14)15;/h5,7,9,13H,2-4,6,8,10-12H2,1H3,(H3,17,18,19);1H. The van der Waals surface area contributed by atoms with Crippen molar-refractivity contribution in [2.24, 2.45) is 10.7 Å². The fourth-order valence-corrected chi connectivity index (χ4v) is 2.32. The van der Waals surface area contributed by atoms with E-state index in [9.17, 15) is 0 Å². The van der Waals surface area contributed by atoms with E-state index in [1.165, 1.54) is 19.3 Å². The number of halogens is 1. The van der Waals surface area contributed by atoms with Crippen LogP contribution < -0.4 is 11.1 Å². The quantitative estimate of drug-likeness (QED) is 0.278. The van der Waals surface area contributed by atoms with Gasteiger partial charge in [0.15, 0.2) is 11.6 Å².